The fourth-order valence-electron chi connectivity index (χ4n) is 1.81. The molecule has 2 aromatic rings. The monoisotopic (exact) mass is 322 g/mol. The van der Waals surface area contributed by atoms with Gasteiger partial charge in [-0.15, -0.1) is 0 Å². The second kappa shape index (κ2) is 8.48. The average molecular weight is 322 g/mol. The Morgan fingerprint density at radius 1 is 0.667 bits per heavy atom. The van der Waals surface area contributed by atoms with Crippen LogP contribution in [0.4, 0.5) is 0 Å². The van der Waals surface area contributed by atoms with E-state index < -0.39 is 11.9 Å². The van der Waals surface area contributed by atoms with Gasteiger partial charge in [0, 0.05) is 0 Å². The highest BCUT2D eigenvalue weighted by atomic mass is 16.5. The van der Waals surface area contributed by atoms with Crippen LogP contribution < -0.4 is 0 Å². The molecule has 0 aromatic heterocycles. The van der Waals surface area contributed by atoms with Gasteiger partial charge >= 0.3 is 11.9 Å². The van der Waals surface area contributed by atoms with Crippen LogP contribution in [-0.2, 0) is 9.47 Å². The van der Waals surface area contributed by atoms with Gasteiger partial charge in [-0.2, -0.15) is 0 Å². The third kappa shape index (κ3) is 5.25. The highest BCUT2D eigenvalue weighted by Crippen LogP contribution is 2.06. The minimum absolute atomic E-state index is 0.448. The summed E-state index contributed by atoms with van der Waals surface area (Å²) in [5.41, 5.74) is 3.08. The smallest absolute Gasteiger partial charge is 0.342 e. The van der Waals surface area contributed by atoms with Crippen LogP contribution in [0.2, 0.25) is 0 Å². The van der Waals surface area contributed by atoms with E-state index in [1.807, 2.05) is 38.1 Å². The Balaban J connectivity index is 1.78. The Kier molecular flexibility index (Phi) is 6.08. The number of esters is 2. The third-order valence-corrected chi connectivity index (χ3v) is 3.19. The minimum atomic E-state index is -0.448. The predicted octanol–water partition coefficient (Wildman–Crippen LogP) is 4.34. The van der Waals surface area contributed by atoms with Crippen molar-refractivity contribution < 1.29 is 19.1 Å². The van der Waals surface area contributed by atoms with Crippen molar-refractivity contribution in [1.29, 1.82) is 0 Å². The zero-order chi connectivity index (χ0) is 17.4. The van der Waals surface area contributed by atoms with Crippen LogP contribution >= 0.6 is 0 Å². The number of ether oxygens (including phenoxy) is 2. The van der Waals surface area contributed by atoms with Gasteiger partial charge in [0.1, 0.15) is 0 Å². The maximum atomic E-state index is 11.7. The van der Waals surface area contributed by atoms with Gasteiger partial charge in [-0.25, -0.2) is 9.59 Å². The molecule has 0 aliphatic carbocycles. The molecule has 0 N–H and O–H groups in total. The van der Waals surface area contributed by atoms with Gasteiger partial charge in [0.05, 0.1) is 23.7 Å². The van der Waals surface area contributed by atoms with Gasteiger partial charge in [0.2, 0.25) is 0 Å². The minimum Gasteiger partial charge on any atom is -0.431 e. The lowest BCUT2D eigenvalue weighted by molar-refractivity contribution is 0.0650. The fourth-order valence-corrected chi connectivity index (χ4v) is 1.81. The first-order valence-electron chi connectivity index (χ1n) is 7.43. The highest BCUT2D eigenvalue weighted by molar-refractivity contribution is 5.90. The Hall–Kier alpha value is -3.14. The van der Waals surface area contributed by atoms with Gasteiger partial charge in [-0.1, -0.05) is 35.4 Å². The molecule has 0 spiro atoms. The second-order valence-electron chi connectivity index (χ2n) is 5.20. The second-order valence-corrected chi connectivity index (χ2v) is 5.20. The molecule has 0 saturated carbocycles. The van der Waals surface area contributed by atoms with Crippen molar-refractivity contribution in [3.8, 4) is 0 Å². The predicted molar refractivity (Wildman–Crippen MR) is 91.5 cm³/mol. The molecule has 0 saturated heterocycles. The van der Waals surface area contributed by atoms with Gasteiger partial charge in [-0.3, -0.25) is 0 Å². The van der Waals surface area contributed by atoms with Gasteiger partial charge < -0.3 is 9.47 Å². The van der Waals surface area contributed by atoms with E-state index in [-0.39, 0.29) is 0 Å². The summed E-state index contributed by atoms with van der Waals surface area (Å²) in [5, 5.41) is 0. The summed E-state index contributed by atoms with van der Waals surface area (Å²) >= 11 is 0. The summed E-state index contributed by atoms with van der Waals surface area (Å²) in [6, 6.07) is 14.1. The molecule has 0 amide bonds. The molecule has 24 heavy (non-hydrogen) atoms. The van der Waals surface area contributed by atoms with Crippen molar-refractivity contribution in [2.75, 3.05) is 0 Å². The van der Waals surface area contributed by atoms with Crippen molar-refractivity contribution >= 4 is 11.9 Å². The maximum absolute atomic E-state index is 11.7. The largest absolute Gasteiger partial charge is 0.431 e. The molecule has 0 bridgehead atoms. The molecule has 0 fully saturated rings. The van der Waals surface area contributed by atoms with E-state index in [1.165, 1.54) is 24.7 Å². The lowest BCUT2D eigenvalue weighted by Crippen LogP contribution is -2.00. The molecule has 2 aromatic carbocycles. The molecule has 0 radical (unpaired) electrons. The first-order valence-corrected chi connectivity index (χ1v) is 7.43. The number of rotatable bonds is 5. The summed E-state index contributed by atoms with van der Waals surface area (Å²) in [6.07, 6.45) is 5.40. The lowest BCUT2D eigenvalue weighted by atomic mass is 10.1. The molecule has 0 aliphatic rings. The zero-order valence-electron chi connectivity index (χ0n) is 13.6. The van der Waals surface area contributed by atoms with Crippen molar-refractivity contribution in [2.24, 2.45) is 0 Å². The van der Waals surface area contributed by atoms with E-state index in [0.717, 1.165) is 11.1 Å². The van der Waals surface area contributed by atoms with E-state index in [9.17, 15) is 9.59 Å². The first-order chi connectivity index (χ1) is 11.6. The van der Waals surface area contributed by atoms with Gasteiger partial charge in [0.25, 0.3) is 0 Å². The van der Waals surface area contributed by atoms with Crippen LogP contribution in [0.3, 0.4) is 0 Å². The first kappa shape index (κ1) is 17.2. The molecular formula is C20H18O4. The van der Waals surface area contributed by atoms with Crippen molar-refractivity contribution in [2.45, 2.75) is 13.8 Å². The van der Waals surface area contributed by atoms with Crippen molar-refractivity contribution in [1.82, 2.24) is 0 Å². The Bertz CT molecular complexity index is 686. The Morgan fingerprint density at radius 2 is 1.00 bits per heavy atom. The van der Waals surface area contributed by atoms with E-state index in [4.69, 9.17) is 9.47 Å². The average Bonchev–Trinajstić information content (AvgIpc) is 2.58. The Labute approximate surface area is 141 Å². The third-order valence-electron chi connectivity index (χ3n) is 3.19. The molecule has 0 heterocycles. The van der Waals surface area contributed by atoms with E-state index in [2.05, 4.69) is 0 Å². The van der Waals surface area contributed by atoms with Crippen LogP contribution in [0, 0.1) is 13.8 Å². The zero-order valence-corrected chi connectivity index (χ0v) is 13.6. The molecular weight excluding hydrogens is 304 g/mol. The van der Waals surface area contributed by atoms with Crippen molar-refractivity contribution in [3.63, 3.8) is 0 Å². The lowest BCUT2D eigenvalue weighted by Gasteiger charge is -2.00. The van der Waals surface area contributed by atoms with E-state index in [0.29, 0.717) is 11.1 Å². The number of hydrogen-bond acceptors (Lipinski definition) is 4. The number of aryl methyl sites for hydroxylation is 2. The van der Waals surface area contributed by atoms with Gasteiger partial charge in [0.15, 0.2) is 0 Å². The SMILES string of the molecule is Cc1ccc(C(=O)O/C=C\C=C\OC(=O)c2ccc(C)cc2)cc1. The highest BCUT2D eigenvalue weighted by Gasteiger charge is 2.04. The number of hydrogen-bond donors (Lipinski definition) is 0. The van der Waals surface area contributed by atoms with E-state index >= 15 is 0 Å². The summed E-state index contributed by atoms with van der Waals surface area (Å²) in [5.74, 6) is -0.896. The standard InChI is InChI=1S/C20H18O4/c1-15-5-9-17(10-6-15)19(21)23-13-3-4-14-24-20(22)18-11-7-16(2)8-12-18/h3-14H,1-2H3/b13-3-,14-4+. The quantitative estimate of drug-likeness (QED) is 0.467. The number of carbonyl (C=O) groups excluding carboxylic acids is 2. The molecule has 4 nitrogen and oxygen atoms in total. The van der Waals surface area contributed by atoms with Crippen LogP contribution in [0.5, 0.6) is 0 Å². The summed E-state index contributed by atoms with van der Waals surface area (Å²) < 4.78 is 9.92. The summed E-state index contributed by atoms with van der Waals surface area (Å²) in [4.78, 5) is 23.5. The normalized spacial score (nSPS) is 10.9. The number of carbonyl (C=O) groups is 2. The molecule has 0 unspecified atom stereocenters. The Morgan fingerprint density at radius 3 is 1.33 bits per heavy atom. The molecule has 4 heteroatoms. The van der Waals surface area contributed by atoms with Gasteiger partial charge in [-0.05, 0) is 50.3 Å². The molecule has 0 atom stereocenters. The summed E-state index contributed by atoms with van der Waals surface area (Å²) in [6.45, 7) is 3.88. The molecule has 0 aliphatic heterocycles. The molecule has 2 rings (SSSR count). The van der Waals surface area contributed by atoms with E-state index in [1.54, 1.807) is 24.3 Å². The van der Waals surface area contributed by atoms with Crippen molar-refractivity contribution in [3.05, 3.63) is 95.5 Å². The summed E-state index contributed by atoms with van der Waals surface area (Å²) in [7, 11) is 0. The number of allylic oxidation sites excluding steroid dienone is 2. The fraction of sp³-hybridized carbons (Fsp3) is 0.100. The van der Waals surface area contributed by atoms with Crippen LogP contribution in [0.15, 0.2) is 73.2 Å². The van der Waals surface area contributed by atoms with Crippen LogP contribution in [0.1, 0.15) is 31.8 Å². The topological polar surface area (TPSA) is 52.6 Å². The number of benzene rings is 2. The molecule has 122 valence electrons. The maximum Gasteiger partial charge on any atom is 0.342 e. The van der Waals surface area contributed by atoms with Crippen LogP contribution in [-0.4, -0.2) is 11.9 Å². The van der Waals surface area contributed by atoms with Crippen LogP contribution in [0.25, 0.3) is 0 Å².